The molecule has 1 aliphatic carbocycles. The fraction of sp³-hybridized carbons (Fsp3) is 0.435. The lowest BCUT2D eigenvalue weighted by atomic mass is 9.87. The Kier molecular flexibility index (Phi) is 7.28. The molecule has 0 fully saturated rings. The van der Waals surface area contributed by atoms with Crippen LogP contribution in [0.25, 0.3) is 0 Å². The molecule has 4 heteroatoms. The summed E-state index contributed by atoms with van der Waals surface area (Å²) in [6.07, 6.45) is 3.97. The van der Waals surface area contributed by atoms with Crippen LogP contribution in [0.1, 0.15) is 30.9 Å². The first kappa shape index (κ1) is 19.4. The van der Waals surface area contributed by atoms with Crippen molar-refractivity contribution in [2.75, 3.05) is 26.4 Å². The molecular weight excluding hydrogens is 338 g/mol. The highest BCUT2D eigenvalue weighted by Crippen LogP contribution is 2.24. The van der Waals surface area contributed by atoms with Gasteiger partial charge in [-0.15, -0.1) is 0 Å². The van der Waals surface area contributed by atoms with Crippen molar-refractivity contribution in [3.63, 3.8) is 0 Å². The van der Waals surface area contributed by atoms with Gasteiger partial charge in [-0.05, 0) is 48.9 Å². The molecule has 3 rings (SSSR count). The third kappa shape index (κ3) is 5.57. The number of benzene rings is 2. The van der Waals surface area contributed by atoms with Crippen LogP contribution >= 0.6 is 0 Å². The van der Waals surface area contributed by atoms with E-state index in [2.05, 4.69) is 31.2 Å². The lowest BCUT2D eigenvalue weighted by molar-refractivity contribution is -0.139. The number of para-hydroxylation sites is 1. The van der Waals surface area contributed by atoms with Gasteiger partial charge in [-0.25, -0.2) is 0 Å². The van der Waals surface area contributed by atoms with Gasteiger partial charge in [0.2, 0.25) is 5.91 Å². The summed E-state index contributed by atoms with van der Waals surface area (Å²) < 4.78 is 11.2. The van der Waals surface area contributed by atoms with Crippen LogP contribution in [-0.2, 0) is 22.4 Å². The summed E-state index contributed by atoms with van der Waals surface area (Å²) in [5.41, 5.74) is 2.80. The molecule has 0 N–H and O–H groups in total. The van der Waals surface area contributed by atoms with E-state index in [4.69, 9.17) is 9.47 Å². The third-order valence-corrected chi connectivity index (χ3v) is 5.01. The molecule has 27 heavy (non-hydrogen) atoms. The monoisotopic (exact) mass is 367 g/mol. The largest absolute Gasteiger partial charge is 0.491 e. The normalized spacial score (nSPS) is 15.8. The average molecular weight is 367 g/mol. The Morgan fingerprint density at radius 3 is 2.56 bits per heavy atom. The van der Waals surface area contributed by atoms with Crippen molar-refractivity contribution in [2.24, 2.45) is 0 Å². The SMILES string of the molecule is CCCN(C(=O)COCCOc1ccccc1)C1CCc2ccccc2C1. The van der Waals surface area contributed by atoms with Crippen LogP contribution in [0.15, 0.2) is 54.6 Å². The van der Waals surface area contributed by atoms with Crippen LogP contribution in [0.2, 0.25) is 0 Å². The maximum Gasteiger partial charge on any atom is 0.248 e. The molecule has 1 aliphatic rings. The number of hydrogen-bond donors (Lipinski definition) is 0. The van der Waals surface area contributed by atoms with Gasteiger partial charge in [0.15, 0.2) is 0 Å². The van der Waals surface area contributed by atoms with Crippen molar-refractivity contribution in [1.29, 1.82) is 0 Å². The Bertz CT molecular complexity index is 717. The highest BCUT2D eigenvalue weighted by molar-refractivity contribution is 5.77. The molecule has 2 aromatic carbocycles. The maximum absolute atomic E-state index is 12.7. The number of aryl methyl sites for hydroxylation is 1. The molecule has 0 bridgehead atoms. The number of fused-ring (bicyclic) bond motifs is 1. The lowest BCUT2D eigenvalue weighted by Gasteiger charge is -2.35. The van der Waals surface area contributed by atoms with Crippen molar-refractivity contribution in [3.05, 3.63) is 65.7 Å². The number of nitrogens with zero attached hydrogens (tertiary/aromatic N) is 1. The average Bonchev–Trinajstić information content (AvgIpc) is 2.72. The van der Waals surface area contributed by atoms with Crippen molar-refractivity contribution < 1.29 is 14.3 Å². The Morgan fingerprint density at radius 2 is 1.78 bits per heavy atom. The van der Waals surface area contributed by atoms with Gasteiger partial charge in [0.1, 0.15) is 19.0 Å². The van der Waals surface area contributed by atoms with E-state index in [1.54, 1.807) is 0 Å². The Labute approximate surface area is 162 Å². The molecular formula is C23H29NO3. The zero-order chi connectivity index (χ0) is 18.9. The van der Waals surface area contributed by atoms with Gasteiger partial charge in [0, 0.05) is 12.6 Å². The minimum atomic E-state index is 0.0842. The second-order valence-electron chi connectivity index (χ2n) is 6.97. The molecule has 0 spiro atoms. The molecule has 144 valence electrons. The van der Waals surface area contributed by atoms with Gasteiger partial charge in [-0.3, -0.25) is 4.79 Å². The zero-order valence-corrected chi connectivity index (χ0v) is 16.1. The molecule has 1 atom stereocenters. The van der Waals surface area contributed by atoms with Gasteiger partial charge in [-0.1, -0.05) is 49.4 Å². The molecule has 0 saturated heterocycles. The van der Waals surface area contributed by atoms with Crippen molar-refractivity contribution >= 4 is 5.91 Å². The van der Waals surface area contributed by atoms with Crippen LogP contribution in [0, 0.1) is 0 Å². The summed E-state index contributed by atoms with van der Waals surface area (Å²) in [5.74, 6) is 0.904. The lowest BCUT2D eigenvalue weighted by Crippen LogP contribution is -2.45. The van der Waals surface area contributed by atoms with E-state index in [1.807, 2.05) is 35.2 Å². The first-order valence-electron chi connectivity index (χ1n) is 9.89. The van der Waals surface area contributed by atoms with E-state index in [-0.39, 0.29) is 18.6 Å². The van der Waals surface area contributed by atoms with Crippen molar-refractivity contribution in [2.45, 2.75) is 38.6 Å². The van der Waals surface area contributed by atoms with Crippen LogP contribution in [-0.4, -0.2) is 43.2 Å². The summed E-state index contributed by atoms with van der Waals surface area (Å²) in [7, 11) is 0. The molecule has 2 aromatic rings. The molecule has 1 unspecified atom stereocenters. The van der Waals surface area contributed by atoms with Crippen LogP contribution < -0.4 is 4.74 Å². The van der Waals surface area contributed by atoms with Crippen LogP contribution in [0.4, 0.5) is 0 Å². The topological polar surface area (TPSA) is 38.8 Å². The number of rotatable bonds is 9. The molecule has 0 radical (unpaired) electrons. The number of amides is 1. The summed E-state index contributed by atoms with van der Waals surface area (Å²) in [4.78, 5) is 14.8. The summed E-state index contributed by atoms with van der Waals surface area (Å²) >= 11 is 0. The predicted molar refractivity (Wildman–Crippen MR) is 107 cm³/mol. The van der Waals surface area contributed by atoms with Gasteiger partial charge in [-0.2, -0.15) is 0 Å². The van der Waals surface area contributed by atoms with E-state index in [1.165, 1.54) is 11.1 Å². The molecule has 0 saturated carbocycles. The van der Waals surface area contributed by atoms with E-state index in [0.29, 0.717) is 13.2 Å². The standard InChI is InChI=1S/C23H29NO3/c1-2-14-24(21-13-12-19-8-6-7-9-20(19)17-21)23(25)18-26-15-16-27-22-10-4-3-5-11-22/h3-11,21H,2,12-18H2,1H3. The van der Waals surface area contributed by atoms with Crippen LogP contribution in [0.3, 0.4) is 0 Å². The molecule has 4 nitrogen and oxygen atoms in total. The zero-order valence-electron chi connectivity index (χ0n) is 16.1. The highest BCUT2D eigenvalue weighted by atomic mass is 16.5. The Balaban J connectivity index is 1.46. The van der Waals surface area contributed by atoms with Gasteiger partial charge < -0.3 is 14.4 Å². The van der Waals surface area contributed by atoms with Crippen molar-refractivity contribution in [3.8, 4) is 5.75 Å². The maximum atomic E-state index is 12.7. The Hall–Kier alpha value is -2.33. The second kappa shape index (κ2) is 10.1. The number of hydrogen-bond acceptors (Lipinski definition) is 3. The predicted octanol–water partition coefficient (Wildman–Crippen LogP) is 3.88. The minimum absolute atomic E-state index is 0.0842. The van der Waals surface area contributed by atoms with E-state index in [9.17, 15) is 4.79 Å². The molecule has 0 aromatic heterocycles. The number of ether oxygens (including phenoxy) is 2. The minimum Gasteiger partial charge on any atom is -0.491 e. The summed E-state index contributed by atoms with van der Waals surface area (Å²) in [6, 6.07) is 18.5. The summed E-state index contributed by atoms with van der Waals surface area (Å²) in [6.45, 7) is 3.88. The number of carbonyl (C=O) groups is 1. The van der Waals surface area contributed by atoms with E-state index >= 15 is 0 Å². The molecule has 0 aliphatic heterocycles. The van der Waals surface area contributed by atoms with Gasteiger partial charge >= 0.3 is 0 Å². The Morgan fingerprint density at radius 1 is 1.04 bits per heavy atom. The smallest absolute Gasteiger partial charge is 0.248 e. The van der Waals surface area contributed by atoms with E-state index < -0.39 is 0 Å². The summed E-state index contributed by atoms with van der Waals surface area (Å²) in [5, 5.41) is 0. The molecule has 1 amide bonds. The first-order valence-corrected chi connectivity index (χ1v) is 9.89. The van der Waals surface area contributed by atoms with Gasteiger partial charge in [0.05, 0.1) is 6.61 Å². The first-order chi connectivity index (χ1) is 13.3. The molecule has 0 heterocycles. The third-order valence-electron chi connectivity index (χ3n) is 5.01. The van der Waals surface area contributed by atoms with Gasteiger partial charge in [0.25, 0.3) is 0 Å². The second-order valence-corrected chi connectivity index (χ2v) is 6.97. The van der Waals surface area contributed by atoms with Crippen molar-refractivity contribution in [1.82, 2.24) is 4.90 Å². The fourth-order valence-electron chi connectivity index (χ4n) is 3.67. The van der Waals surface area contributed by atoms with Crippen LogP contribution in [0.5, 0.6) is 5.75 Å². The van der Waals surface area contributed by atoms with E-state index in [0.717, 1.165) is 38.0 Å². The highest BCUT2D eigenvalue weighted by Gasteiger charge is 2.27. The fourth-order valence-corrected chi connectivity index (χ4v) is 3.67. The number of carbonyl (C=O) groups excluding carboxylic acids is 1. The quantitative estimate of drug-likeness (QED) is 0.632.